The molecule has 0 saturated heterocycles. The van der Waals surface area contributed by atoms with Gasteiger partial charge in [0, 0.05) is 0 Å². The molecule has 1 heterocycles. The van der Waals surface area contributed by atoms with Crippen molar-refractivity contribution in [1.82, 2.24) is 4.98 Å². The van der Waals surface area contributed by atoms with Gasteiger partial charge < -0.3 is 10.5 Å². The summed E-state index contributed by atoms with van der Waals surface area (Å²) in [5.41, 5.74) is 7.18. The zero-order valence-corrected chi connectivity index (χ0v) is 7.57. The molecule has 70 valence electrons. The van der Waals surface area contributed by atoms with Crippen molar-refractivity contribution in [2.24, 2.45) is 0 Å². The van der Waals surface area contributed by atoms with E-state index in [-0.39, 0.29) is 0 Å². The zero-order chi connectivity index (χ0) is 9.10. The summed E-state index contributed by atoms with van der Waals surface area (Å²) in [6.07, 6.45) is 5.85. The minimum Gasteiger partial charge on any atom is -0.397 e. The molecule has 3 nitrogen and oxygen atoms in total. The predicted molar refractivity (Wildman–Crippen MR) is 51.1 cm³/mol. The minimum atomic E-state index is 0.472. The zero-order valence-electron chi connectivity index (χ0n) is 7.57. The van der Waals surface area contributed by atoms with Gasteiger partial charge in [-0.2, -0.15) is 0 Å². The predicted octanol–water partition coefficient (Wildman–Crippen LogP) is 1.73. The molecule has 0 atom stereocenters. The van der Waals surface area contributed by atoms with Crippen LogP contribution >= 0.6 is 0 Å². The standard InChI is InChI=1S/C10H14N2O/c11-8-4-5-9(12-6-8)7-13-10-2-1-3-10/h4-6,10H,1-3,7,11H2. The van der Waals surface area contributed by atoms with E-state index in [0.717, 1.165) is 5.69 Å². The van der Waals surface area contributed by atoms with Crippen molar-refractivity contribution in [3.63, 3.8) is 0 Å². The van der Waals surface area contributed by atoms with Crippen molar-refractivity contribution < 1.29 is 4.74 Å². The van der Waals surface area contributed by atoms with E-state index in [2.05, 4.69) is 4.98 Å². The first kappa shape index (κ1) is 8.51. The number of rotatable bonds is 3. The maximum absolute atomic E-state index is 5.60. The Kier molecular flexibility index (Phi) is 2.45. The monoisotopic (exact) mass is 178 g/mol. The Bertz CT molecular complexity index is 267. The first-order valence-corrected chi connectivity index (χ1v) is 4.66. The molecule has 13 heavy (non-hydrogen) atoms. The molecular formula is C10H14N2O. The lowest BCUT2D eigenvalue weighted by Gasteiger charge is -2.25. The minimum absolute atomic E-state index is 0.472. The summed E-state index contributed by atoms with van der Waals surface area (Å²) in [5.74, 6) is 0. The van der Waals surface area contributed by atoms with Crippen LogP contribution in [0.4, 0.5) is 5.69 Å². The second kappa shape index (κ2) is 3.75. The first-order valence-electron chi connectivity index (χ1n) is 4.66. The van der Waals surface area contributed by atoms with Crippen molar-refractivity contribution in [2.45, 2.75) is 32.0 Å². The van der Waals surface area contributed by atoms with Crippen LogP contribution in [-0.2, 0) is 11.3 Å². The van der Waals surface area contributed by atoms with Gasteiger partial charge >= 0.3 is 0 Å². The summed E-state index contributed by atoms with van der Waals surface area (Å²) in [6, 6.07) is 3.76. The van der Waals surface area contributed by atoms with Gasteiger partial charge in [-0.25, -0.2) is 0 Å². The fourth-order valence-corrected chi connectivity index (χ4v) is 1.26. The number of hydrogen-bond acceptors (Lipinski definition) is 3. The normalized spacial score (nSPS) is 16.9. The van der Waals surface area contributed by atoms with E-state index in [1.54, 1.807) is 6.20 Å². The maximum atomic E-state index is 5.60. The number of ether oxygens (including phenoxy) is 1. The molecule has 0 bridgehead atoms. The number of nitrogens with two attached hydrogens (primary N) is 1. The van der Waals surface area contributed by atoms with Crippen molar-refractivity contribution in [3.05, 3.63) is 24.0 Å². The lowest BCUT2D eigenvalue weighted by Crippen LogP contribution is -2.21. The van der Waals surface area contributed by atoms with Gasteiger partial charge in [0.25, 0.3) is 0 Å². The molecule has 2 rings (SSSR count). The van der Waals surface area contributed by atoms with Gasteiger partial charge in [-0.15, -0.1) is 0 Å². The number of anilines is 1. The van der Waals surface area contributed by atoms with Crippen LogP contribution < -0.4 is 5.73 Å². The average molecular weight is 178 g/mol. The van der Waals surface area contributed by atoms with E-state index in [1.165, 1.54) is 19.3 Å². The molecule has 0 unspecified atom stereocenters. The van der Waals surface area contributed by atoms with E-state index in [0.29, 0.717) is 18.4 Å². The van der Waals surface area contributed by atoms with Gasteiger partial charge in [-0.05, 0) is 31.4 Å². The van der Waals surface area contributed by atoms with E-state index < -0.39 is 0 Å². The smallest absolute Gasteiger partial charge is 0.0891 e. The van der Waals surface area contributed by atoms with Crippen molar-refractivity contribution >= 4 is 5.69 Å². The number of nitrogens with zero attached hydrogens (tertiary/aromatic N) is 1. The van der Waals surface area contributed by atoms with Crippen molar-refractivity contribution in [3.8, 4) is 0 Å². The third kappa shape index (κ3) is 2.18. The molecule has 1 aliphatic carbocycles. The highest BCUT2D eigenvalue weighted by molar-refractivity contribution is 5.34. The van der Waals surface area contributed by atoms with E-state index in [1.807, 2.05) is 12.1 Å². The molecule has 1 aromatic rings. The molecular weight excluding hydrogens is 164 g/mol. The Balaban J connectivity index is 1.83. The number of nitrogen functional groups attached to an aromatic ring is 1. The molecule has 0 radical (unpaired) electrons. The third-order valence-corrected chi connectivity index (χ3v) is 2.37. The molecule has 2 N–H and O–H groups in total. The molecule has 0 aromatic carbocycles. The molecule has 1 saturated carbocycles. The molecule has 3 heteroatoms. The van der Waals surface area contributed by atoms with Crippen LogP contribution in [-0.4, -0.2) is 11.1 Å². The lowest BCUT2D eigenvalue weighted by atomic mass is 9.96. The van der Waals surface area contributed by atoms with Crippen LogP contribution in [0.5, 0.6) is 0 Å². The van der Waals surface area contributed by atoms with Crippen molar-refractivity contribution in [2.75, 3.05) is 5.73 Å². The Morgan fingerprint density at radius 3 is 2.85 bits per heavy atom. The van der Waals surface area contributed by atoms with E-state index in [4.69, 9.17) is 10.5 Å². The number of aromatic nitrogens is 1. The molecule has 0 aliphatic heterocycles. The fourth-order valence-electron chi connectivity index (χ4n) is 1.26. The van der Waals surface area contributed by atoms with E-state index >= 15 is 0 Å². The summed E-state index contributed by atoms with van der Waals surface area (Å²) < 4.78 is 5.60. The topological polar surface area (TPSA) is 48.1 Å². The van der Waals surface area contributed by atoms with Gasteiger partial charge in [0.05, 0.1) is 30.3 Å². The summed E-state index contributed by atoms with van der Waals surface area (Å²) in [4.78, 5) is 4.16. The Morgan fingerprint density at radius 1 is 1.46 bits per heavy atom. The van der Waals surface area contributed by atoms with Gasteiger partial charge in [0.1, 0.15) is 0 Å². The van der Waals surface area contributed by atoms with Crippen LogP contribution in [0.1, 0.15) is 25.0 Å². The fraction of sp³-hybridized carbons (Fsp3) is 0.500. The highest BCUT2D eigenvalue weighted by atomic mass is 16.5. The number of pyridine rings is 1. The summed E-state index contributed by atoms with van der Waals surface area (Å²) in [6.45, 7) is 0.616. The SMILES string of the molecule is Nc1ccc(COC2CCC2)nc1. The van der Waals surface area contributed by atoms with Crippen molar-refractivity contribution in [1.29, 1.82) is 0 Å². The maximum Gasteiger partial charge on any atom is 0.0891 e. The quantitative estimate of drug-likeness (QED) is 0.766. The van der Waals surface area contributed by atoms with Gasteiger partial charge in [-0.3, -0.25) is 4.98 Å². The third-order valence-electron chi connectivity index (χ3n) is 2.37. The Hall–Kier alpha value is -1.09. The molecule has 1 aromatic heterocycles. The van der Waals surface area contributed by atoms with Crippen LogP contribution in [0, 0.1) is 0 Å². The molecule has 1 fully saturated rings. The second-order valence-corrected chi connectivity index (χ2v) is 3.45. The van der Waals surface area contributed by atoms with Gasteiger partial charge in [0.2, 0.25) is 0 Å². The Labute approximate surface area is 77.9 Å². The Morgan fingerprint density at radius 2 is 2.31 bits per heavy atom. The van der Waals surface area contributed by atoms with Crippen LogP contribution in [0.15, 0.2) is 18.3 Å². The molecule has 0 amide bonds. The molecule has 1 aliphatic rings. The number of hydrogen-bond donors (Lipinski definition) is 1. The molecule has 0 spiro atoms. The highest BCUT2D eigenvalue weighted by Crippen LogP contribution is 2.22. The van der Waals surface area contributed by atoms with Gasteiger partial charge in [-0.1, -0.05) is 0 Å². The lowest BCUT2D eigenvalue weighted by molar-refractivity contribution is -0.0101. The van der Waals surface area contributed by atoms with Gasteiger partial charge in [0.15, 0.2) is 0 Å². The first-order chi connectivity index (χ1) is 6.34. The summed E-state index contributed by atoms with van der Waals surface area (Å²) in [7, 11) is 0. The largest absolute Gasteiger partial charge is 0.397 e. The summed E-state index contributed by atoms with van der Waals surface area (Å²) in [5, 5.41) is 0. The van der Waals surface area contributed by atoms with Crippen LogP contribution in [0.25, 0.3) is 0 Å². The second-order valence-electron chi connectivity index (χ2n) is 3.45. The summed E-state index contributed by atoms with van der Waals surface area (Å²) >= 11 is 0. The van der Waals surface area contributed by atoms with Crippen LogP contribution in [0.2, 0.25) is 0 Å². The average Bonchev–Trinajstić information content (AvgIpc) is 2.05. The highest BCUT2D eigenvalue weighted by Gasteiger charge is 2.17. The van der Waals surface area contributed by atoms with E-state index in [9.17, 15) is 0 Å². The van der Waals surface area contributed by atoms with Crippen LogP contribution in [0.3, 0.4) is 0 Å².